The van der Waals surface area contributed by atoms with E-state index in [9.17, 15) is 0 Å². The molecular formula is C16H15ClIN3. The molecule has 0 aliphatic carbocycles. The van der Waals surface area contributed by atoms with Gasteiger partial charge in [-0.25, -0.2) is 0 Å². The predicted molar refractivity (Wildman–Crippen MR) is 96.9 cm³/mol. The molecule has 0 saturated heterocycles. The van der Waals surface area contributed by atoms with Crippen LogP contribution in [-0.2, 0) is 5.54 Å². The van der Waals surface area contributed by atoms with Crippen molar-refractivity contribution in [3.8, 4) is 0 Å². The number of guanidine groups is 1. The number of hydrogen-bond donors (Lipinski definition) is 1. The molecule has 0 spiro atoms. The maximum Gasteiger partial charge on any atom is 0.196 e. The minimum atomic E-state index is -0.320. The van der Waals surface area contributed by atoms with Crippen LogP contribution in [0.25, 0.3) is 0 Å². The molecule has 1 unspecified atom stereocenters. The number of aliphatic imine (C=N–C) groups is 1. The zero-order valence-electron chi connectivity index (χ0n) is 11.6. The lowest BCUT2D eigenvalue weighted by molar-refractivity contribution is 0.533. The second-order valence-corrected chi connectivity index (χ2v) is 6.89. The quantitative estimate of drug-likeness (QED) is 0.759. The predicted octanol–water partition coefficient (Wildman–Crippen LogP) is 3.99. The monoisotopic (exact) mass is 411 g/mol. The molecule has 3 nitrogen and oxygen atoms in total. The third-order valence-electron chi connectivity index (χ3n) is 3.83. The molecule has 0 bridgehead atoms. The highest BCUT2D eigenvalue weighted by Crippen LogP contribution is 2.39. The van der Waals surface area contributed by atoms with E-state index in [1.807, 2.05) is 29.2 Å². The first-order chi connectivity index (χ1) is 10.0. The average molecular weight is 412 g/mol. The van der Waals surface area contributed by atoms with Gasteiger partial charge in [-0.2, -0.15) is 0 Å². The van der Waals surface area contributed by atoms with E-state index in [-0.39, 0.29) is 5.54 Å². The normalized spacial score (nSPS) is 21.5. The van der Waals surface area contributed by atoms with Crippen LogP contribution in [0.1, 0.15) is 12.5 Å². The molecule has 3 rings (SSSR count). The first-order valence-electron chi connectivity index (χ1n) is 6.63. The van der Waals surface area contributed by atoms with Crippen LogP contribution < -0.4 is 10.6 Å². The van der Waals surface area contributed by atoms with E-state index in [1.54, 1.807) is 0 Å². The van der Waals surface area contributed by atoms with Crippen LogP contribution in [0.4, 0.5) is 5.69 Å². The van der Waals surface area contributed by atoms with Gasteiger partial charge >= 0.3 is 0 Å². The lowest BCUT2D eigenvalue weighted by Gasteiger charge is -2.37. The highest BCUT2D eigenvalue weighted by Gasteiger charge is 2.41. The molecule has 0 aromatic heterocycles. The van der Waals surface area contributed by atoms with Gasteiger partial charge in [-0.3, -0.25) is 9.89 Å². The van der Waals surface area contributed by atoms with E-state index >= 15 is 0 Å². The van der Waals surface area contributed by atoms with Crippen LogP contribution in [-0.4, -0.2) is 12.5 Å². The van der Waals surface area contributed by atoms with Gasteiger partial charge in [0.05, 0.1) is 22.8 Å². The average Bonchev–Trinajstić information content (AvgIpc) is 2.77. The SMILES string of the molecule is CC1(c2ccc(I)cc2)CN=C(N)N1c1ccccc1Cl. The molecule has 0 fully saturated rings. The van der Waals surface area contributed by atoms with Crippen molar-refractivity contribution in [3.05, 3.63) is 62.7 Å². The molecule has 2 aromatic rings. The maximum absolute atomic E-state index is 6.36. The van der Waals surface area contributed by atoms with Crippen LogP contribution in [0.15, 0.2) is 53.5 Å². The lowest BCUT2D eigenvalue weighted by atomic mass is 9.90. The van der Waals surface area contributed by atoms with E-state index in [0.29, 0.717) is 17.5 Å². The number of nitrogens with two attached hydrogens (primary N) is 1. The zero-order valence-corrected chi connectivity index (χ0v) is 14.5. The highest BCUT2D eigenvalue weighted by molar-refractivity contribution is 14.1. The van der Waals surface area contributed by atoms with Crippen LogP contribution in [0.5, 0.6) is 0 Å². The van der Waals surface area contributed by atoms with Gasteiger partial charge in [0.2, 0.25) is 0 Å². The van der Waals surface area contributed by atoms with Crippen molar-refractivity contribution in [2.24, 2.45) is 10.7 Å². The van der Waals surface area contributed by atoms with Crippen molar-refractivity contribution >= 4 is 45.8 Å². The van der Waals surface area contributed by atoms with Gasteiger partial charge in [0, 0.05) is 3.57 Å². The summed E-state index contributed by atoms with van der Waals surface area (Å²) in [6, 6.07) is 16.2. The molecule has 1 aliphatic heterocycles. The van der Waals surface area contributed by atoms with E-state index in [2.05, 4.69) is 58.8 Å². The Morgan fingerprint density at radius 2 is 1.86 bits per heavy atom. The van der Waals surface area contributed by atoms with Crippen molar-refractivity contribution in [1.82, 2.24) is 0 Å². The van der Waals surface area contributed by atoms with Gasteiger partial charge in [-0.05, 0) is 59.3 Å². The molecule has 108 valence electrons. The summed E-state index contributed by atoms with van der Waals surface area (Å²) in [5, 5.41) is 0.675. The summed E-state index contributed by atoms with van der Waals surface area (Å²) >= 11 is 8.66. The standard InChI is InChI=1S/C16H15ClIN3/c1-16(11-6-8-12(18)9-7-11)10-20-15(19)21(16)14-5-3-2-4-13(14)17/h2-9H,10H2,1H3,(H2,19,20). The Morgan fingerprint density at radius 3 is 2.52 bits per heavy atom. The van der Waals surface area contributed by atoms with Gasteiger partial charge in [-0.15, -0.1) is 0 Å². The van der Waals surface area contributed by atoms with Crippen molar-refractivity contribution in [3.63, 3.8) is 0 Å². The molecular weight excluding hydrogens is 397 g/mol. The lowest BCUT2D eigenvalue weighted by Crippen LogP contribution is -2.47. The highest BCUT2D eigenvalue weighted by atomic mass is 127. The van der Waals surface area contributed by atoms with E-state index in [1.165, 1.54) is 9.13 Å². The summed E-state index contributed by atoms with van der Waals surface area (Å²) < 4.78 is 1.20. The summed E-state index contributed by atoms with van der Waals surface area (Å²) in [7, 11) is 0. The molecule has 1 aliphatic rings. The molecule has 2 N–H and O–H groups in total. The molecule has 21 heavy (non-hydrogen) atoms. The second kappa shape index (κ2) is 5.50. The van der Waals surface area contributed by atoms with Crippen molar-refractivity contribution in [2.75, 3.05) is 11.4 Å². The van der Waals surface area contributed by atoms with Crippen LogP contribution >= 0.6 is 34.2 Å². The number of nitrogens with zero attached hydrogens (tertiary/aromatic N) is 2. The number of halogens is 2. The Hall–Kier alpha value is -1.27. The molecule has 1 atom stereocenters. The van der Waals surface area contributed by atoms with Crippen LogP contribution in [0.3, 0.4) is 0 Å². The summed E-state index contributed by atoms with van der Waals surface area (Å²) in [5.74, 6) is 0.504. The Kier molecular flexibility index (Phi) is 3.84. The number of para-hydroxylation sites is 1. The van der Waals surface area contributed by atoms with E-state index in [0.717, 1.165) is 5.69 Å². The first-order valence-corrected chi connectivity index (χ1v) is 8.09. The molecule has 0 radical (unpaired) electrons. The van der Waals surface area contributed by atoms with Crippen molar-refractivity contribution in [1.29, 1.82) is 0 Å². The van der Waals surface area contributed by atoms with Crippen LogP contribution in [0.2, 0.25) is 5.02 Å². The minimum absolute atomic E-state index is 0.320. The van der Waals surface area contributed by atoms with Crippen molar-refractivity contribution in [2.45, 2.75) is 12.5 Å². The number of anilines is 1. The van der Waals surface area contributed by atoms with Gasteiger partial charge in [0.25, 0.3) is 0 Å². The Balaban J connectivity index is 2.10. The smallest absolute Gasteiger partial charge is 0.196 e. The number of hydrogen-bond acceptors (Lipinski definition) is 3. The first kappa shape index (κ1) is 14.7. The summed E-state index contributed by atoms with van der Waals surface area (Å²) in [6.45, 7) is 2.76. The zero-order chi connectivity index (χ0) is 15.0. The fourth-order valence-corrected chi connectivity index (χ4v) is 3.26. The van der Waals surface area contributed by atoms with E-state index < -0.39 is 0 Å². The molecule has 5 heteroatoms. The van der Waals surface area contributed by atoms with E-state index in [4.69, 9.17) is 17.3 Å². The topological polar surface area (TPSA) is 41.6 Å². The number of benzene rings is 2. The van der Waals surface area contributed by atoms with Gasteiger partial charge in [0.1, 0.15) is 0 Å². The summed E-state index contributed by atoms with van der Waals surface area (Å²) in [5.41, 5.74) is 7.88. The molecule has 0 saturated carbocycles. The maximum atomic E-state index is 6.36. The Morgan fingerprint density at radius 1 is 1.19 bits per heavy atom. The third-order valence-corrected chi connectivity index (χ3v) is 4.87. The fourth-order valence-electron chi connectivity index (χ4n) is 2.68. The van der Waals surface area contributed by atoms with Gasteiger partial charge in [0.15, 0.2) is 5.96 Å². The van der Waals surface area contributed by atoms with Gasteiger partial charge < -0.3 is 5.73 Å². The van der Waals surface area contributed by atoms with Crippen LogP contribution in [0, 0.1) is 3.57 Å². The minimum Gasteiger partial charge on any atom is -0.369 e. The van der Waals surface area contributed by atoms with Gasteiger partial charge in [-0.1, -0.05) is 35.9 Å². The third kappa shape index (κ3) is 2.51. The molecule has 1 heterocycles. The summed E-state index contributed by atoms with van der Waals surface area (Å²) in [6.07, 6.45) is 0. The summed E-state index contributed by atoms with van der Waals surface area (Å²) in [4.78, 5) is 6.47. The molecule has 2 aromatic carbocycles. The Labute approximate surface area is 143 Å². The van der Waals surface area contributed by atoms with Crippen molar-refractivity contribution < 1.29 is 0 Å². The molecule has 0 amide bonds. The fraction of sp³-hybridized carbons (Fsp3) is 0.188. The number of rotatable bonds is 2. The largest absolute Gasteiger partial charge is 0.369 e. The Bertz CT molecular complexity index is 699. The second-order valence-electron chi connectivity index (χ2n) is 5.24.